The molecule has 1 unspecified atom stereocenters. The molecule has 1 spiro atoms. The van der Waals surface area contributed by atoms with Gasteiger partial charge in [0.2, 0.25) is 0 Å². The molecule has 1 atom stereocenters. The second-order valence-electron chi connectivity index (χ2n) is 9.37. The molecule has 2 aromatic rings. The van der Waals surface area contributed by atoms with Crippen LogP contribution in [0.2, 0.25) is 0 Å². The van der Waals surface area contributed by atoms with Gasteiger partial charge in [-0.05, 0) is 24.5 Å². The average molecular weight is 468 g/mol. The van der Waals surface area contributed by atoms with E-state index in [1.807, 2.05) is 29.2 Å². The Balaban J connectivity index is 1.44. The molecule has 2 heterocycles. The van der Waals surface area contributed by atoms with Crippen LogP contribution in [-0.4, -0.2) is 55.6 Å². The van der Waals surface area contributed by atoms with Crippen molar-refractivity contribution in [1.82, 2.24) is 4.90 Å². The monoisotopic (exact) mass is 467 g/mol. The highest BCUT2D eigenvalue weighted by Crippen LogP contribution is 2.44. The first-order valence-electron chi connectivity index (χ1n) is 11.8. The quantitative estimate of drug-likeness (QED) is 0.617. The molecule has 2 aromatic carbocycles. The largest absolute Gasteiger partial charge is 0.496 e. The molecule has 0 N–H and O–H groups in total. The first kappa shape index (κ1) is 23.9. The van der Waals surface area contributed by atoms with Gasteiger partial charge in [0.1, 0.15) is 34.2 Å². The van der Waals surface area contributed by atoms with E-state index in [9.17, 15) is 9.59 Å². The van der Waals surface area contributed by atoms with Crippen LogP contribution in [0.25, 0.3) is 0 Å². The molecule has 0 saturated carbocycles. The van der Waals surface area contributed by atoms with Gasteiger partial charge in [0, 0.05) is 38.1 Å². The Kier molecular flexibility index (Phi) is 6.73. The van der Waals surface area contributed by atoms with Gasteiger partial charge in [-0.2, -0.15) is 0 Å². The van der Waals surface area contributed by atoms with E-state index in [4.69, 9.17) is 18.9 Å². The molecule has 0 aromatic heterocycles. The minimum absolute atomic E-state index is 0.0116. The third kappa shape index (κ3) is 4.56. The van der Waals surface area contributed by atoms with E-state index in [1.165, 1.54) is 7.11 Å². The lowest BCUT2D eigenvalue weighted by molar-refractivity contribution is -0.141. The van der Waals surface area contributed by atoms with Crippen molar-refractivity contribution < 1.29 is 28.5 Å². The number of rotatable bonds is 6. The molecule has 2 aliphatic rings. The van der Waals surface area contributed by atoms with E-state index in [2.05, 4.69) is 13.8 Å². The SMILES string of the molecule is COc1cc(OC)c2c(c1)OC1(CCN(C(=O)C(C)Oc3ccccc3C(C)C)CC1)CC2=O. The Hall–Kier alpha value is -3.22. The van der Waals surface area contributed by atoms with Crippen molar-refractivity contribution in [2.75, 3.05) is 27.3 Å². The maximum atomic E-state index is 13.1. The molecular formula is C27H33NO6. The summed E-state index contributed by atoms with van der Waals surface area (Å²) in [6, 6.07) is 11.3. The number of methoxy groups -OCH3 is 2. The Morgan fingerprint density at radius 1 is 1.03 bits per heavy atom. The summed E-state index contributed by atoms with van der Waals surface area (Å²) in [6.45, 7) is 7.00. The number of carbonyl (C=O) groups is 2. The molecule has 4 rings (SSSR count). The van der Waals surface area contributed by atoms with Crippen LogP contribution in [0.3, 0.4) is 0 Å². The fourth-order valence-corrected chi connectivity index (χ4v) is 4.83. The number of benzene rings is 2. The Morgan fingerprint density at radius 3 is 2.38 bits per heavy atom. The van der Waals surface area contributed by atoms with Crippen molar-refractivity contribution in [2.45, 2.75) is 57.7 Å². The molecule has 7 heteroatoms. The van der Waals surface area contributed by atoms with Crippen LogP contribution in [0, 0.1) is 0 Å². The molecule has 0 bridgehead atoms. The highest BCUT2D eigenvalue weighted by molar-refractivity contribution is 6.03. The predicted octanol–water partition coefficient (Wildman–Crippen LogP) is 4.62. The van der Waals surface area contributed by atoms with Crippen LogP contribution in [-0.2, 0) is 4.79 Å². The van der Waals surface area contributed by atoms with Gasteiger partial charge < -0.3 is 23.8 Å². The molecule has 0 radical (unpaired) electrons. The van der Waals surface area contributed by atoms with Crippen molar-refractivity contribution in [3.8, 4) is 23.0 Å². The normalized spacial score (nSPS) is 17.7. The van der Waals surface area contributed by atoms with E-state index in [-0.39, 0.29) is 18.1 Å². The first-order valence-corrected chi connectivity index (χ1v) is 11.8. The van der Waals surface area contributed by atoms with Crippen LogP contribution in [0.1, 0.15) is 61.9 Å². The topological polar surface area (TPSA) is 74.3 Å². The summed E-state index contributed by atoms with van der Waals surface area (Å²) in [5.74, 6) is 2.48. The Morgan fingerprint density at radius 2 is 1.74 bits per heavy atom. The van der Waals surface area contributed by atoms with Gasteiger partial charge in [-0.25, -0.2) is 0 Å². The van der Waals surface area contributed by atoms with Gasteiger partial charge in [0.15, 0.2) is 11.9 Å². The fourth-order valence-electron chi connectivity index (χ4n) is 4.83. The highest BCUT2D eigenvalue weighted by Gasteiger charge is 2.45. The number of ketones is 1. The van der Waals surface area contributed by atoms with Gasteiger partial charge in [0.05, 0.1) is 20.6 Å². The molecule has 1 amide bonds. The standard InChI is InChI=1S/C27H33NO6/c1-17(2)20-8-6-7-9-22(20)33-18(3)26(30)28-12-10-27(11-13-28)16-21(29)25-23(32-5)14-19(31-4)15-24(25)34-27/h6-9,14-15,17-18H,10-13,16H2,1-5H3. The molecule has 7 nitrogen and oxygen atoms in total. The highest BCUT2D eigenvalue weighted by atomic mass is 16.5. The van der Waals surface area contributed by atoms with E-state index in [1.54, 1.807) is 26.2 Å². The minimum atomic E-state index is -0.632. The van der Waals surface area contributed by atoms with Crippen molar-refractivity contribution in [3.63, 3.8) is 0 Å². The number of piperidine rings is 1. The lowest BCUT2D eigenvalue weighted by atomic mass is 9.82. The molecular weight excluding hydrogens is 434 g/mol. The number of Topliss-reactive ketones (excluding diaryl/α,β-unsaturated/α-hetero) is 1. The number of nitrogens with zero attached hydrogens (tertiary/aromatic N) is 1. The van der Waals surface area contributed by atoms with E-state index in [0.29, 0.717) is 54.7 Å². The summed E-state index contributed by atoms with van der Waals surface area (Å²) in [4.78, 5) is 28.0. The number of hydrogen-bond acceptors (Lipinski definition) is 6. The summed E-state index contributed by atoms with van der Waals surface area (Å²) in [5.41, 5.74) is 0.906. The molecule has 34 heavy (non-hydrogen) atoms. The lowest BCUT2D eigenvalue weighted by Crippen LogP contribution is -2.54. The third-order valence-corrected chi connectivity index (χ3v) is 6.76. The summed E-state index contributed by atoms with van der Waals surface area (Å²) >= 11 is 0. The number of amides is 1. The first-order chi connectivity index (χ1) is 16.3. The average Bonchev–Trinajstić information content (AvgIpc) is 2.83. The lowest BCUT2D eigenvalue weighted by Gasteiger charge is -2.44. The number of ether oxygens (including phenoxy) is 4. The summed E-state index contributed by atoms with van der Waals surface area (Å²) in [5, 5.41) is 0. The summed E-state index contributed by atoms with van der Waals surface area (Å²) < 4.78 is 23.2. The van der Waals surface area contributed by atoms with Crippen LogP contribution in [0.15, 0.2) is 36.4 Å². The van der Waals surface area contributed by atoms with Gasteiger partial charge in [-0.15, -0.1) is 0 Å². The minimum Gasteiger partial charge on any atom is -0.496 e. The predicted molar refractivity (Wildman–Crippen MR) is 128 cm³/mol. The number of para-hydroxylation sites is 1. The van der Waals surface area contributed by atoms with Crippen molar-refractivity contribution in [1.29, 1.82) is 0 Å². The summed E-state index contributed by atoms with van der Waals surface area (Å²) in [7, 11) is 3.09. The zero-order chi connectivity index (χ0) is 24.5. The fraction of sp³-hybridized carbons (Fsp3) is 0.481. The zero-order valence-electron chi connectivity index (χ0n) is 20.6. The van der Waals surface area contributed by atoms with Gasteiger partial charge in [-0.3, -0.25) is 9.59 Å². The number of carbonyl (C=O) groups excluding carboxylic acids is 2. The maximum Gasteiger partial charge on any atom is 0.263 e. The Bertz CT molecular complexity index is 1070. The third-order valence-electron chi connectivity index (χ3n) is 6.76. The molecule has 2 aliphatic heterocycles. The zero-order valence-corrected chi connectivity index (χ0v) is 20.6. The summed E-state index contributed by atoms with van der Waals surface area (Å²) in [6.07, 6.45) is 0.799. The van der Waals surface area contributed by atoms with Crippen LogP contribution in [0.5, 0.6) is 23.0 Å². The Labute approximate surface area is 200 Å². The number of likely N-dealkylation sites (tertiary alicyclic amines) is 1. The van der Waals surface area contributed by atoms with Crippen molar-refractivity contribution in [3.05, 3.63) is 47.5 Å². The molecule has 0 aliphatic carbocycles. The van der Waals surface area contributed by atoms with E-state index >= 15 is 0 Å². The second kappa shape index (κ2) is 9.57. The van der Waals surface area contributed by atoms with Gasteiger partial charge in [-0.1, -0.05) is 32.0 Å². The molecule has 1 fully saturated rings. The van der Waals surface area contributed by atoms with Crippen molar-refractivity contribution >= 4 is 11.7 Å². The van der Waals surface area contributed by atoms with Gasteiger partial charge >= 0.3 is 0 Å². The van der Waals surface area contributed by atoms with E-state index in [0.717, 1.165) is 11.3 Å². The van der Waals surface area contributed by atoms with E-state index < -0.39 is 11.7 Å². The molecule has 182 valence electrons. The molecule has 1 saturated heterocycles. The number of hydrogen-bond donors (Lipinski definition) is 0. The van der Waals surface area contributed by atoms with Crippen LogP contribution in [0.4, 0.5) is 0 Å². The maximum absolute atomic E-state index is 13.1. The van der Waals surface area contributed by atoms with Crippen molar-refractivity contribution in [2.24, 2.45) is 0 Å². The second-order valence-corrected chi connectivity index (χ2v) is 9.37. The number of fused-ring (bicyclic) bond motifs is 1. The van der Waals surface area contributed by atoms with Crippen LogP contribution < -0.4 is 18.9 Å². The van der Waals surface area contributed by atoms with Gasteiger partial charge in [0.25, 0.3) is 5.91 Å². The van der Waals surface area contributed by atoms with Crippen LogP contribution >= 0.6 is 0 Å². The smallest absolute Gasteiger partial charge is 0.263 e.